The predicted molar refractivity (Wildman–Crippen MR) is 123 cm³/mol. The van der Waals surface area contributed by atoms with Gasteiger partial charge in [-0.15, -0.1) is 0 Å². The predicted octanol–water partition coefficient (Wildman–Crippen LogP) is 6.22. The lowest BCUT2D eigenvalue weighted by atomic mass is 9.67. The summed E-state index contributed by atoms with van der Waals surface area (Å²) in [5.74, 6) is 1.16. The first-order chi connectivity index (χ1) is 15.6. The van der Waals surface area contributed by atoms with Gasteiger partial charge in [0.2, 0.25) is 11.5 Å². The van der Waals surface area contributed by atoms with Crippen molar-refractivity contribution in [2.24, 2.45) is 17.8 Å². The van der Waals surface area contributed by atoms with Crippen molar-refractivity contribution in [2.75, 3.05) is 6.54 Å². The number of halogens is 3. The van der Waals surface area contributed by atoms with Gasteiger partial charge in [0.15, 0.2) is 5.82 Å². The van der Waals surface area contributed by atoms with Crippen molar-refractivity contribution in [3.63, 3.8) is 0 Å². The topological polar surface area (TPSA) is 58.4 Å². The van der Waals surface area contributed by atoms with Crippen LogP contribution in [0.4, 0.5) is 13.2 Å². The number of imidazole rings is 1. The molecule has 0 saturated heterocycles. The molecule has 1 aliphatic heterocycles. The average Bonchev–Trinajstić information content (AvgIpc) is 3.25. The fourth-order valence-corrected chi connectivity index (χ4v) is 5.68. The smallest absolute Gasteiger partial charge is 0.374 e. The number of hydrogen-bond acceptors (Lipinski definition) is 3. The van der Waals surface area contributed by atoms with Gasteiger partial charge in [-0.1, -0.05) is 53.4 Å². The minimum atomic E-state index is -4.82. The number of rotatable bonds is 2. The first-order valence-corrected chi connectivity index (χ1v) is 12.7. The lowest BCUT2D eigenvalue weighted by Crippen LogP contribution is -2.47. The molecule has 1 aromatic heterocycles. The third-order valence-corrected chi connectivity index (χ3v) is 7.34. The van der Waals surface area contributed by atoms with Crippen LogP contribution < -0.4 is 0 Å². The number of fused-ring (bicyclic) bond motifs is 2. The summed E-state index contributed by atoms with van der Waals surface area (Å²) in [4.78, 5) is 18.9. The number of carbonyl (C=O) groups excluding carboxylic acids is 1. The van der Waals surface area contributed by atoms with Crippen LogP contribution in [-0.2, 0) is 16.9 Å². The van der Waals surface area contributed by atoms with E-state index in [2.05, 4.69) is 4.98 Å². The standard InChI is InChI=1S/C21H30F3N3O2.2C2H6/c1-13-11-26(18(28)16-8-7-14-5-3-4-6-15(14)9-16)12-17-10-25-19(27(13)17)20(2,29)21(22,23)24;2*1-2/h10,13-16,29H,3-9,11-12H2,1-2H3;2*1-2H3/t13-,14-,15+,16+,20+;;/m0../s1. The first-order valence-electron chi connectivity index (χ1n) is 12.7. The van der Waals surface area contributed by atoms with Crippen LogP contribution in [0.2, 0.25) is 0 Å². The van der Waals surface area contributed by atoms with E-state index >= 15 is 0 Å². The van der Waals surface area contributed by atoms with Crippen molar-refractivity contribution in [3.05, 3.63) is 17.7 Å². The summed E-state index contributed by atoms with van der Waals surface area (Å²) in [7, 11) is 0. The van der Waals surface area contributed by atoms with Gasteiger partial charge < -0.3 is 14.6 Å². The van der Waals surface area contributed by atoms with Gasteiger partial charge >= 0.3 is 6.18 Å². The van der Waals surface area contributed by atoms with Crippen LogP contribution in [0.15, 0.2) is 6.20 Å². The highest BCUT2D eigenvalue weighted by atomic mass is 19.4. The molecule has 2 heterocycles. The Labute approximate surface area is 196 Å². The molecule has 1 N–H and O–H groups in total. The maximum atomic E-state index is 13.3. The molecule has 2 fully saturated rings. The molecule has 5 nitrogen and oxygen atoms in total. The summed E-state index contributed by atoms with van der Waals surface area (Å²) in [5, 5.41) is 10.1. The third kappa shape index (κ3) is 5.57. The molecule has 5 atom stereocenters. The molecule has 2 saturated carbocycles. The number of aromatic nitrogens is 2. The Morgan fingerprint density at radius 2 is 1.67 bits per heavy atom. The number of amides is 1. The summed E-state index contributed by atoms with van der Waals surface area (Å²) in [6.07, 6.45) is 4.58. The summed E-state index contributed by atoms with van der Waals surface area (Å²) < 4.78 is 41.4. The fraction of sp³-hybridized carbons (Fsp3) is 0.840. The van der Waals surface area contributed by atoms with E-state index in [1.807, 2.05) is 27.7 Å². The number of carbonyl (C=O) groups is 1. The van der Waals surface area contributed by atoms with Crippen LogP contribution in [0.3, 0.4) is 0 Å². The monoisotopic (exact) mass is 473 g/mol. The first kappa shape index (κ1) is 27.7. The zero-order chi connectivity index (χ0) is 25.0. The van der Waals surface area contributed by atoms with E-state index in [1.165, 1.54) is 36.4 Å². The molecule has 0 aromatic carbocycles. The Bertz CT molecular complexity index is 775. The number of alkyl halides is 3. The Kier molecular flexibility index (Phi) is 9.42. The van der Waals surface area contributed by atoms with Gasteiger partial charge in [0.25, 0.3) is 0 Å². The number of aliphatic hydroxyl groups is 1. The number of nitrogens with zero attached hydrogens (tertiary/aromatic N) is 3. The van der Waals surface area contributed by atoms with E-state index in [9.17, 15) is 23.1 Å². The molecule has 190 valence electrons. The molecule has 1 aromatic rings. The van der Waals surface area contributed by atoms with Crippen LogP contribution in [0.1, 0.15) is 104 Å². The van der Waals surface area contributed by atoms with E-state index in [4.69, 9.17) is 0 Å². The molecule has 3 aliphatic rings. The van der Waals surface area contributed by atoms with Crippen LogP contribution in [0.25, 0.3) is 0 Å². The summed E-state index contributed by atoms with van der Waals surface area (Å²) in [6.45, 7) is 11.1. The Balaban J connectivity index is 0.000000914. The summed E-state index contributed by atoms with van der Waals surface area (Å²) in [6, 6.07) is -0.375. The van der Waals surface area contributed by atoms with E-state index in [-0.39, 0.29) is 24.4 Å². The van der Waals surface area contributed by atoms with Crippen molar-refractivity contribution >= 4 is 5.91 Å². The van der Waals surface area contributed by atoms with Gasteiger partial charge in [0.05, 0.1) is 24.5 Å². The Hall–Kier alpha value is -1.57. The maximum Gasteiger partial charge on any atom is 0.424 e. The molecule has 2 aliphatic carbocycles. The third-order valence-electron chi connectivity index (χ3n) is 7.34. The average molecular weight is 474 g/mol. The SMILES string of the molecule is CC.CC.C[C@H]1CN(C(=O)[C@@H]2CC[C@@H]3CCCC[C@@H]3C2)Cc2cnc([C@@](C)(O)C(F)(F)F)n21. The van der Waals surface area contributed by atoms with Gasteiger partial charge in [0, 0.05) is 12.5 Å². The Morgan fingerprint density at radius 1 is 1.06 bits per heavy atom. The highest BCUT2D eigenvalue weighted by molar-refractivity contribution is 5.79. The molecule has 0 bridgehead atoms. The van der Waals surface area contributed by atoms with Crippen LogP contribution in [-0.4, -0.2) is 38.2 Å². The molecular formula is C25H42F3N3O2. The lowest BCUT2D eigenvalue weighted by molar-refractivity contribution is -0.263. The van der Waals surface area contributed by atoms with Gasteiger partial charge in [0.1, 0.15) is 0 Å². The van der Waals surface area contributed by atoms with E-state index in [1.54, 1.807) is 11.8 Å². The zero-order valence-corrected chi connectivity index (χ0v) is 21.1. The minimum absolute atomic E-state index is 0.0220. The zero-order valence-electron chi connectivity index (χ0n) is 21.1. The highest BCUT2D eigenvalue weighted by Gasteiger charge is 2.55. The molecule has 1 amide bonds. The van der Waals surface area contributed by atoms with Crippen molar-refractivity contribution in [3.8, 4) is 0 Å². The van der Waals surface area contributed by atoms with Crippen LogP contribution >= 0.6 is 0 Å². The second-order valence-corrected chi connectivity index (χ2v) is 9.40. The van der Waals surface area contributed by atoms with E-state index in [0.29, 0.717) is 18.2 Å². The molecular weight excluding hydrogens is 431 g/mol. The van der Waals surface area contributed by atoms with Crippen molar-refractivity contribution < 1.29 is 23.1 Å². The van der Waals surface area contributed by atoms with Crippen LogP contribution in [0.5, 0.6) is 0 Å². The van der Waals surface area contributed by atoms with E-state index in [0.717, 1.165) is 32.1 Å². The minimum Gasteiger partial charge on any atom is -0.374 e. The van der Waals surface area contributed by atoms with Gasteiger partial charge in [-0.2, -0.15) is 13.2 Å². The fourth-order valence-electron chi connectivity index (χ4n) is 5.68. The molecule has 8 heteroatoms. The van der Waals surface area contributed by atoms with Gasteiger partial charge in [-0.05, 0) is 44.9 Å². The second kappa shape index (κ2) is 11.2. The maximum absolute atomic E-state index is 13.3. The molecule has 33 heavy (non-hydrogen) atoms. The highest BCUT2D eigenvalue weighted by Crippen LogP contribution is 2.44. The lowest BCUT2D eigenvalue weighted by Gasteiger charge is -2.42. The molecule has 0 spiro atoms. The second-order valence-electron chi connectivity index (χ2n) is 9.40. The van der Waals surface area contributed by atoms with Gasteiger partial charge in [-0.25, -0.2) is 4.98 Å². The Morgan fingerprint density at radius 3 is 2.27 bits per heavy atom. The quantitative estimate of drug-likeness (QED) is 0.555. The van der Waals surface area contributed by atoms with Crippen LogP contribution in [0, 0.1) is 17.8 Å². The van der Waals surface area contributed by atoms with Crippen molar-refractivity contribution in [1.82, 2.24) is 14.5 Å². The largest absolute Gasteiger partial charge is 0.424 e. The van der Waals surface area contributed by atoms with E-state index < -0.39 is 17.6 Å². The summed E-state index contributed by atoms with van der Waals surface area (Å²) >= 11 is 0. The normalized spacial score (nSPS) is 28.7. The van der Waals surface area contributed by atoms with Crippen molar-refractivity contribution in [1.29, 1.82) is 0 Å². The van der Waals surface area contributed by atoms with Crippen molar-refractivity contribution in [2.45, 2.75) is 111 Å². The van der Waals surface area contributed by atoms with Gasteiger partial charge in [-0.3, -0.25) is 4.79 Å². The molecule has 4 rings (SSSR count). The number of hydrogen-bond donors (Lipinski definition) is 1. The summed E-state index contributed by atoms with van der Waals surface area (Å²) in [5.41, 5.74) is -2.48. The molecule has 0 unspecified atom stereocenters. The molecule has 0 radical (unpaired) electrons.